The van der Waals surface area contributed by atoms with Crippen LogP contribution in [0.4, 0.5) is 14.5 Å². The van der Waals surface area contributed by atoms with Crippen molar-refractivity contribution in [2.24, 2.45) is 0 Å². The third-order valence-corrected chi connectivity index (χ3v) is 2.46. The molecule has 2 rings (SSSR count). The molecule has 104 valence electrons. The second-order valence-electron chi connectivity index (χ2n) is 3.92. The molecule has 1 heterocycles. The lowest BCUT2D eigenvalue weighted by Crippen LogP contribution is -2.15. The predicted octanol–water partition coefficient (Wildman–Crippen LogP) is 1.94. The third-order valence-electron chi connectivity index (χ3n) is 2.46. The Morgan fingerprint density at radius 1 is 1.30 bits per heavy atom. The number of nitrogens with zero attached hydrogens (tertiary/aromatic N) is 2. The van der Waals surface area contributed by atoms with Gasteiger partial charge in [-0.05, 0) is 11.6 Å². The van der Waals surface area contributed by atoms with Crippen LogP contribution in [0.2, 0.25) is 0 Å². The van der Waals surface area contributed by atoms with Crippen molar-refractivity contribution in [2.75, 3.05) is 12.4 Å². The number of nitrogens with one attached hydrogen (secondary N) is 1. The summed E-state index contributed by atoms with van der Waals surface area (Å²) in [7, 11) is 1.42. The molecule has 2 aromatic rings. The van der Waals surface area contributed by atoms with E-state index in [2.05, 4.69) is 15.3 Å². The number of anilines is 1. The lowest BCUT2D eigenvalue weighted by Gasteiger charge is -2.06. The van der Waals surface area contributed by atoms with Gasteiger partial charge in [0, 0.05) is 6.07 Å². The van der Waals surface area contributed by atoms with Gasteiger partial charge in [-0.1, -0.05) is 6.07 Å². The summed E-state index contributed by atoms with van der Waals surface area (Å²) in [6.45, 7) is 0. The first-order chi connectivity index (χ1) is 9.58. The zero-order chi connectivity index (χ0) is 14.5. The van der Waals surface area contributed by atoms with E-state index in [1.54, 1.807) is 0 Å². The molecule has 1 amide bonds. The molecule has 0 saturated carbocycles. The summed E-state index contributed by atoms with van der Waals surface area (Å²) in [5, 5.41) is 2.50. The third kappa shape index (κ3) is 3.47. The van der Waals surface area contributed by atoms with Gasteiger partial charge in [0.1, 0.15) is 11.6 Å². The maximum Gasteiger partial charge on any atom is 0.316 e. The Morgan fingerprint density at radius 2 is 2.00 bits per heavy atom. The molecular weight excluding hydrogens is 268 g/mol. The van der Waals surface area contributed by atoms with Crippen molar-refractivity contribution in [1.82, 2.24) is 9.97 Å². The van der Waals surface area contributed by atoms with Gasteiger partial charge in [-0.3, -0.25) is 4.79 Å². The van der Waals surface area contributed by atoms with E-state index in [1.165, 1.54) is 25.6 Å². The topological polar surface area (TPSA) is 64.1 Å². The molecule has 0 bridgehead atoms. The van der Waals surface area contributed by atoms with Crippen LogP contribution in [0.5, 0.6) is 6.01 Å². The van der Waals surface area contributed by atoms with E-state index in [-0.39, 0.29) is 18.0 Å². The number of carbonyl (C=O) groups is 1. The number of rotatable bonds is 4. The summed E-state index contributed by atoms with van der Waals surface area (Å²) in [5.74, 6) is -1.90. The standard InChI is InChI=1S/C13H11F2N3O2/c1-20-13-16-6-10(7-17-13)18-12(19)4-8-2-3-9(14)5-11(8)15/h2-3,5-7H,4H2,1H3,(H,18,19). The monoisotopic (exact) mass is 279 g/mol. The number of benzene rings is 1. The predicted molar refractivity (Wildman–Crippen MR) is 67.3 cm³/mol. The molecule has 20 heavy (non-hydrogen) atoms. The number of hydrogen-bond donors (Lipinski definition) is 1. The first kappa shape index (κ1) is 13.9. The largest absolute Gasteiger partial charge is 0.467 e. The molecule has 1 aromatic heterocycles. The van der Waals surface area contributed by atoms with E-state index in [1.807, 2.05) is 0 Å². The van der Waals surface area contributed by atoms with E-state index >= 15 is 0 Å². The molecule has 0 saturated heterocycles. The fraction of sp³-hybridized carbons (Fsp3) is 0.154. The molecule has 0 radical (unpaired) electrons. The highest BCUT2D eigenvalue weighted by Gasteiger charge is 2.10. The summed E-state index contributed by atoms with van der Waals surface area (Å²) in [5.41, 5.74) is 0.469. The van der Waals surface area contributed by atoms with Gasteiger partial charge in [0.15, 0.2) is 0 Å². The SMILES string of the molecule is COc1ncc(NC(=O)Cc2ccc(F)cc2F)cn1. The summed E-state index contributed by atoms with van der Waals surface area (Å²) in [4.78, 5) is 19.3. The van der Waals surface area contributed by atoms with Crippen molar-refractivity contribution >= 4 is 11.6 Å². The van der Waals surface area contributed by atoms with Gasteiger partial charge in [-0.25, -0.2) is 18.7 Å². The maximum atomic E-state index is 13.4. The average Bonchev–Trinajstić information content (AvgIpc) is 2.43. The van der Waals surface area contributed by atoms with Crippen molar-refractivity contribution in [3.8, 4) is 6.01 Å². The van der Waals surface area contributed by atoms with Crippen molar-refractivity contribution in [3.05, 3.63) is 47.8 Å². The Labute approximate surface area is 113 Å². The first-order valence-corrected chi connectivity index (χ1v) is 5.68. The Morgan fingerprint density at radius 3 is 2.60 bits per heavy atom. The Balaban J connectivity index is 2.01. The van der Waals surface area contributed by atoms with E-state index in [9.17, 15) is 13.6 Å². The quantitative estimate of drug-likeness (QED) is 0.929. The fourth-order valence-electron chi connectivity index (χ4n) is 1.53. The van der Waals surface area contributed by atoms with Gasteiger partial charge in [0.05, 0.1) is 31.6 Å². The molecule has 0 fully saturated rings. The minimum Gasteiger partial charge on any atom is -0.467 e. The fourth-order valence-corrected chi connectivity index (χ4v) is 1.53. The van der Waals surface area contributed by atoms with Crippen LogP contribution in [0.15, 0.2) is 30.6 Å². The first-order valence-electron chi connectivity index (χ1n) is 5.68. The van der Waals surface area contributed by atoms with Crippen LogP contribution in [-0.4, -0.2) is 23.0 Å². The van der Waals surface area contributed by atoms with Gasteiger partial charge >= 0.3 is 6.01 Å². The number of methoxy groups -OCH3 is 1. The number of ether oxygens (including phenoxy) is 1. The minimum atomic E-state index is -0.758. The van der Waals surface area contributed by atoms with Gasteiger partial charge in [0.25, 0.3) is 0 Å². The van der Waals surface area contributed by atoms with Crippen molar-refractivity contribution in [3.63, 3.8) is 0 Å². The summed E-state index contributed by atoms with van der Waals surface area (Å²) in [6.07, 6.45) is 2.52. The van der Waals surface area contributed by atoms with E-state index in [0.717, 1.165) is 12.1 Å². The number of hydrogen-bond acceptors (Lipinski definition) is 4. The summed E-state index contributed by atoms with van der Waals surface area (Å²) >= 11 is 0. The Kier molecular flexibility index (Phi) is 4.19. The van der Waals surface area contributed by atoms with E-state index in [4.69, 9.17) is 4.74 Å². The van der Waals surface area contributed by atoms with Crippen LogP contribution in [0.3, 0.4) is 0 Å². The molecule has 0 spiro atoms. The number of aromatic nitrogens is 2. The van der Waals surface area contributed by atoms with E-state index in [0.29, 0.717) is 5.69 Å². The molecule has 1 aromatic carbocycles. The van der Waals surface area contributed by atoms with Gasteiger partial charge in [-0.2, -0.15) is 0 Å². The molecule has 5 nitrogen and oxygen atoms in total. The highest BCUT2D eigenvalue weighted by Crippen LogP contribution is 2.12. The van der Waals surface area contributed by atoms with Crippen molar-refractivity contribution in [1.29, 1.82) is 0 Å². The molecule has 7 heteroatoms. The van der Waals surface area contributed by atoms with Crippen LogP contribution >= 0.6 is 0 Å². The zero-order valence-corrected chi connectivity index (χ0v) is 10.6. The van der Waals surface area contributed by atoms with Crippen LogP contribution in [0.25, 0.3) is 0 Å². The number of halogens is 2. The second-order valence-corrected chi connectivity index (χ2v) is 3.92. The van der Waals surface area contributed by atoms with Crippen LogP contribution in [0.1, 0.15) is 5.56 Å². The summed E-state index contributed by atoms with van der Waals surface area (Å²) in [6, 6.07) is 3.24. The highest BCUT2D eigenvalue weighted by molar-refractivity contribution is 5.91. The van der Waals surface area contributed by atoms with Gasteiger partial charge < -0.3 is 10.1 Å². The minimum absolute atomic E-state index is 0.110. The molecule has 0 aliphatic rings. The van der Waals surface area contributed by atoms with Gasteiger partial charge in [0.2, 0.25) is 5.91 Å². The zero-order valence-electron chi connectivity index (χ0n) is 10.6. The average molecular weight is 279 g/mol. The molecule has 0 unspecified atom stereocenters. The highest BCUT2D eigenvalue weighted by atomic mass is 19.1. The molecule has 0 atom stereocenters. The second kappa shape index (κ2) is 6.05. The Bertz CT molecular complexity index is 618. The Hall–Kier alpha value is -2.57. The molecule has 0 aliphatic carbocycles. The van der Waals surface area contributed by atoms with Crippen molar-refractivity contribution in [2.45, 2.75) is 6.42 Å². The lowest BCUT2D eigenvalue weighted by molar-refractivity contribution is -0.115. The van der Waals surface area contributed by atoms with Gasteiger partial charge in [-0.15, -0.1) is 0 Å². The number of carbonyl (C=O) groups excluding carboxylic acids is 1. The lowest BCUT2D eigenvalue weighted by atomic mass is 10.1. The molecule has 1 N–H and O–H groups in total. The van der Waals surface area contributed by atoms with Crippen LogP contribution in [-0.2, 0) is 11.2 Å². The van der Waals surface area contributed by atoms with E-state index < -0.39 is 17.5 Å². The van der Waals surface area contributed by atoms with Crippen molar-refractivity contribution < 1.29 is 18.3 Å². The maximum absolute atomic E-state index is 13.4. The molecular formula is C13H11F2N3O2. The summed E-state index contributed by atoms with van der Waals surface area (Å²) < 4.78 is 30.9. The van der Waals surface area contributed by atoms with Crippen LogP contribution < -0.4 is 10.1 Å². The molecule has 0 aliphatic heterocycles. The smallest absolute Gasteiger partial charge is 0.316 e. The van der Waals surface area contributed by atoms with Crippen LogP contribution in [0, 0.1) is 11.6 Å². The number of amides is 1. The normalized spacial score (nSPS) is 10.2.